The molecule has 0 atom stereocenters. The molecule has 0 unspecified atom stereocenters. The highest BCUT2D eigenvalue weighted by Crippen LogP contribution is 2.20. The van der Waals surface area contributed by atoms with E-state index in [9.17, 15) is 4.79 Å². The number of carbonyl (C=O) groups excluding carboxylic acids is 1. The molecule has 0 spiro atoms. The average molecular weight is 347 g/mol. The number of nitrogens with zero attached hydrogens (tertiary/aromatic N) is 2. The third kappa shape index (κ3) is 3.83. The van der Waals surface area contributed by atoms with Gasteiger partial charge in [-0.15, -0.1) is 6.58 Å². The second kappa shape index (κ2) is 8.16. The summed E-state index contributed by atoms with van der Waals surface area (Å²) in [6, 6.07) is 15.0. The normalized spacial score (nSPS) is 11.0. The van der Waals surface area contributed by atoms with Crippen LogP contribution in [0.4, 0.5) is 0 Å². The maximum Gasteiger partial charge on any atom is 0.271 e. The molecule has 1 heterocycles. The van der Waals surface area contributed by atoms with Crippen molar-refractivity contribution in [2.45, 2.75) is 13.5 Å². The first kappa shape index (κ1) is 17.5. The van der Waals surface area contributed by atoms with Crippen molar-refractivity contribution in [1.82, 2.24) is 9.99 Å². The van der Waals surface area contributed by atoms with Gasteiger partial charge in [0.2, 0.25) is 0 Å². The van der Waals surface area contributed by atoms with E-state index < -0.39 is 0 Å². The molecule has 0 fully saturated rings. The van der Waals surface area contributed by atoms with Crippen LogP contribution in [0.15, 0.2) is 72.5 Å². The zero-order chi connectivity index (χ0) is 18.4. The zero-order valence-electron chi connectivity index (χ0n) is 14.7. The predicted octanol–water partition coefficient (Wildman–Crippen LogP) is 3.99. The number of allylic oxidation sites excluding steroid dienone is 1. The molecule has 3 aromatic rings. The second-order valence-corrected chi connectivity index (χ2v) is 5.70. The van der Waals surface area contributed by atoms with E-state index in [1.165, 1.54) is 0 Å². The first-order chi connectivity index (χ1) is 12.7. The number of hydrogen-bond donors (Lipinski definition) is 1. The zero-order valence-corrected chi connectivity index (χ0v) is 14.7. The molecule has 0 aliphatic heterocycles. The van der Waals surface area contributed by atoms with Crippen LogP contribution in [0.1, 0.15) is 22.8 Å². The van der Waals surface area contributed by atoms with E-state index in [0.717, 1.165) is 22.2 Å². The molecule has 0 aliphatic rings. The van der Waals surface area contributed by atoms with E-state index in [-0.39, 0.29) is 5.91 Å². The highest BCUT2D eigenvalue weighted by atomic mass is 16.5. The van der Waals surface area contributed by atoms with Gasteiger partial charge in [-0.3, -0.25) is 4.79 Å². The molecule has 2 aromatic carbocycles. The minimum absolute atomic E-state index is 0.265. The van der Waals surface area contributed by atoms with Gasteiger partial charge in [-0.25, -0.2) is 5.43 Å². The van der Waals surface area contributed by atoms with Crippen LogP contribution in [0.3, 0.4) is 0 Å². The fourth-order valence-corrected chi connectivity index (χ4v) is 2.76. The molecule has 1 N–H and O–H groups in total. The molecule has 0 bridgehead atoms. The molecule has 132 valence electrons. The van der Waals surface area contributed by atoms with E-state index in [2.05, 4.69) is 27.7 Å². The number of para-hydroxylation sites is 1. The summed E-state index contributed by atoms with van der Waals surface area (Å²) in [6.07, 6.45) is 5.51. The molecular formula is C21H21N3O2. The Morgan fingerprint density at radius 1 is 1.23 bits per heavy atom. The molecule has 1 amide bonds. The largest absolute Gasteiger partial charge is 0.494 e. The SMILES string of the molecule is C=CCn1cc(/C=N/NC(=O)c2ccc(OCC)cc2)c2ccccc21. The van der Waals surface area contributed by atoms with E-state index in [1.54, 1.807) is 30.5 Å². The van der Waals surface area contributed by atoms with Gasteiger partial charge in [-0.2, -0.15) is 5.10 Å². The molecule has 3 rings (SSSR count). The summed E-state index contributed by atoms with van der Waals surface area (Å²) < 4.78 is 7.47. The molecule has 0 saturated heterocycles. The van der Waals surface area contributed by atoms with Gasteiger partial charge in [0.25, 0.3) is 5.91 Å². The van der Waals surface area contributed by atoms with Crippen molar-refractivity contribution in [3.63, 3.8) is 0 Å². The van der Waals surface area contributed by atoms with Crippen LogP contribution in [0.2, 0.25) is 0 Å². The van der Waals surface area contributed by atoms with Crippen LogP contribution in [0.25, 0.3) is 10.9 Å². The Morgan fingerprint density at radius 3 is 2.73 bits per heavy atom. The van der Waals surface area contributed by atoms with Crippen LogP contribution >= 0.6 is 0 Å². The third-order valence-corrected chi connectivity index (χ3v) is 3.94. The Morgan fingerprint density at radius 2 is 2.00 bits per heavy atom. The summed E-state index contributed by atoms with van der Waals surface area (Å²) in [5.41, 5.74) is 5.14. The summed E-state index contributed by atoms with van der Waals surface area (Å²) >= 11 is 0. The van der Waals surface area contributed by atoms with Crippen molar-refractivity contribution >= 4 is 23.0 Å². The first-order valence-electron chi connectivity index (χ1n) is 8.48. The maximum atomic E-state index is 12.2. The number of aromatic nitrogens is 1. The van der Waals surface area contributed by atoms with E-state index in [4.69, 9.17) is 4.74 Å². The highest BCUT2D eigenvalue weighted by Gasteiger charge is 2.07. The molecule has 1 aromatic heterocycles. The van der Waals surface area contributed by atoms with Crippen LogP contribution < -0.4 is 10.2 Å². The van der Waals surface area contributed by atoms with Crippen molar-refractivity contribution in [2.75, 3.05) is 6.61 Å². The number of hydrazone groups is 1. The quantitative estimate of drug-likeness (QED) is 0.399. The highest BCUT2D eigenvalue weighted by molar-refractivity contribution is 6.00. The fraction of sp³-hybridized carbons (Fsp3) is 0.143. The van der Waals surface area contributed by atoms with E-state index in [1.807, 2.05) is 37.4 Å². The monoisotopic (exact) mass is 347 g/mol. The number of carbonyl (C=O) groups is 1. The van der Waals surface area contributed by atoms with Gasteiger partial charge in [-0.05, 0) is 37.3 Å². The number of nitrogens with one attached hydrogen (secondary N) is 1. The lowest BCUT2D eigenvalue weighted by molar-refractivity contribution is 0.0955. The standard InChI is InChI=1S/C21H21N3O2/c1-3-13-24-15-17(19-7-5-6-8-20(19)24)14-22-23-21(25)16-9-11-18(12-10-16)26-4-2/h3,5-12,14-15H,1,4,13H2,2H3,(H,23,25)/b22-14+. The van der Waals surface area contributed by atoms with Crippen molar-refractivity contribution in [3.05, 3.63) is 78.5 Å². The van der Waals surface area contributed by atoms with Crippen molar-refractivity contribution in [2.24, 2.45) is 5.10 Å². The summed E-state index contributed by atoms with van der Waals surface area (Å²) in [4.78, 5) is 12.2. The summed E-state index contributed by atoms with van der Waals surface area (Å²) in [7, 11) is 0. The van der Waals surface area contributed by atoms with Gasteiger partial charge in [-0.1, -0.05) is 24.3 Å². The molecule has 0 saturated carbocycles. The van der Waals surface area contributed by atoms with Crippen molar-refractivity contribution < 1.29 is 9.53 Å². The summed E-state index contributed by atoms with van der Waals surface area (Å²) in [5.74, 6) is 0.474. The maximum absolute atomic E-state index is 12.2. The van der Waals surface area contributed by atoms with Crippen LogP contribution in [-0.4, -0.2) is 23.3 Å². The first-order valence-corrected chi connectivity index (χ1v) is 8.48. The molecule has 0 radical (unpaired) electrons. The van der Waals surface area contributed by atoms with Gasteiger partial charge in [0.1, 0.15) is 5.75 Å². The number of rotatable bonds is 7. The van der Waals surface area contributed by atoms with Gasteiger partial charge in [0.05, 0.1) is 12.8 Å². The van der Waals surface area contributed by atoms with Crippen LogP contribution in [0.5, 0.6) is 5.75 Å². The minimum atomic E-state index is -0.265. The second-order valence-electron chi connectivity index (χ2n) is 5.70. The number of fused-ring (bicyclic) bond motifs is 1. The van der Waals surface area contributed by atoms with E-state index in [0.29, 0.717) is 18.7 Å². The smallest absolute Gasteiger partial charge is 0.271 e. The predicted molar refractivity (Wildman–Crippen MR) is 105 cm³/mol. The number of benzene rings is 2. The van der Waals surface area contributed by atoms with Crippen molar-refractivity contribution in [1.29, 1.82) is 0 Å². The lowest BCUT2D eigenvalue weighted by Crippen LogP contribution is -2.17. The van der Waals surface area contributed by atoms with Gasteiger partial charge >= 0.3 is 0 Å². The molecule has 5 heteroatoms. The van der Waals surface area contributed by atoms with Crippen LogP contribution in [-0.2, 0) is 6.54 Å². The fourth-order valence-electron chi connectivity index (χ4n) is 2.76. The Labute approximate surface area is 152 Å². The van der Waals surface area contributed by atoms with Gasteiger partial charge in [0, 0.05) is 34.8 Å². The molecule has 5 nitrogen and oxygen atoms in total. The summed E-state index contributed by atoms with van der Waals surface area (Å²) in [5, 5.41) is 5.18. The molecule has 26 heavy (non-hydrogen) atoms. The lowest BCUT2D eigenvalue weighted by atomic mass is 10.2. The van der Waals surface area contributed by atoms with Crippen LogP contribution in [0, 0.1) is 0 Å². The lowest BCUT2D eigenvalue weighted by Gasteiger charge is -2.03. The Bertz CT molecular complexity index is 940. The number of amides is 1. The molecular weight excluding hydrogens is 326 g/mol. The van der Waals surface area contributed by atoms with Gasteiger partial charge in [0.15, 0.2) is 0 Å². The van der Waals surface area contributed by atoms with Gasteiger partial charge < -0.3 is 9.30 Å². The Kier molecular flexibility index (Phi) is 5.49. The number of hydrogen-bond acceptors (Lipinski definition) is 3. The Balaban J connectivity index is 1.73. The van der Waals surface area contributed by atoms with E-state index >= 15 is 0 Å². The topological polar surface area (TPSA) is 55.6 Å². The third-order valence-electron chi connectivity index (χ3n) is 3.94. The molecule has 0 aliphatic carbocycles. The Hall–Kier alpha value is -3.34. The number of ether oxygens (including phenoxy) is 1. The summed E-state index contributed by atoms with van der Waals surface area (Å²) in [6.45, 7) is 7.01. The average Bonchev–Trinajstić information content (AvgIpc) is 3.01. The minimum Gasteiger partial charge on any atom is -0.494 e. The van der Waals surface area contributed by atoms with Crippen molar-refractivity contribution in [3.8, 4) is 5.75 Å².